The SMILES string of the molecule is COc1c(C)cc2c(c1O)C1[C@@H]3[C@@H]4S[C@]5(N[C@@H](CN)Cc6c5oc5ccccc65)C(=O)OCC(c5c6c(c(C)c(OC(C)=O)c54)OCO6)N3[C@@H](O)[C@H](C2)N1C. The maximum absolute atomic E-state index is 15.1. The van der Waals surface area contributed by atoms with Crippen LogP contribution < -0.4 is 30.0 Å². The second kappa shape index (κ2) is 12.2. The van der Waals surface area contributed by atoms with Crippen LogP contribution in [0.15, 0.2) is 34.7 Å². The van der Waals surface area contributed by atoms with Crippen molar-refractivity contribution in [3.05, 3.63) is 75.0 Å². The molecule has 7 aliphatic rings. The molecule has 4 aromatic rings. The van der Waals surface area contributed by atoms with E-state index in [0.717, 1.165) is 22.1 Å². The molecule has 2 unspecified atom stereocenters. The minimum atomic E-state index is -1.65. The van der Waals surface area contributed by atoms with Gasteiger partial charge in [-0.3, -0.25) is 19.9 Å². The largest absolute Gasteiger partial charge is 0.504 e. The number of benzene rings is 3. The number of aryl methyl sites for hydroxylation is 1. The first-order valence-electron chi connectivity index (χ1n) is 18.5. The predicted molar refractivity (Wildman–Crippen MR) is 199 cm³/mol. The average molecular weight is 771 g/mol. The minimum absolute atomic E-state index is 0.0211. The normalized spacial score (nSPS) is 30.5. The summed E-state index contributed by atoms with van der Waals surface area (Å²) in [6.45, 7) is 5.01. The van der Waals surface area contributed by atoms with Crippen molar-refractivity contribution in [2.24, 2.45) is 5.73 Å². The molecule has 1 spiro atoms. The number of furan rings is 1. The lowest BCUT2D eigenvalue weighted by atomic mass is 9.73. The Morgan fingerprint density at radius 1 is 1.11 bits per heavy atom. The van der Waals surface area contributed by atoms with Gasteiger partial charge in [0.1, 0.15) is 24.2 Å². The number of carbonyl (C=O) groups excluding carboxylic acids is 2. The van der Waals surface area contributed by atoms with Crippen LogP contribution in [0.3, 0.4) is 0 Å². The summed E-state index contributed by atoms with van der Waals surface area (Å²) in [4.78, 5) is 30.6. The summed E-state index contributed by atoms with van der Waals surface area (Å²) in [6.07, 6.45) is -0.105. The molecule has 8 atom stereocenters. The van der Waals surface area contributed by atoms with Crippen LogP contribution in [0.2, 0.25) is 0 Å². The molecular formula is C40H42N4O10S. The fourth-order valence-corrected chi connectivity index (χ4v) is 12.1. The van der Waals surface area contributed by atoms with Crippen LogP contribution in [0, 0.1) is 13.8 Å². The van der Waals surface area contributed by atoms with Gasteiger partial charge in [0.05, 0.1) is 30.5 Å². The number of hydrogen-bond donors (Lipinski definition) is 4. The summed E-state index contributed by atoms with van der Waals surface area (Å²) in [5, 5.41) is 28.5. The third kappa shape index (κ3) is 4.62. The number of ether oxygens (including phenoxy) is 5. The Hall–Kier alpha value is -4.51. The van der Waals surface area contributed by atoms with Crippen molar-refractivity contribution in [1.82, 2.24) is 15.1 Å². The lowest BCUT2D eigenvalue weighted by molar-refractivity contribution is -0.183. The van der Waals surface area contributed by atoms with E-state index in [1.54, 1.807) is 0 Å². The van der Waals surface area contributed by atoms with Crippen molar-refractivity contribution in [3.63, 3.8) is 0 Å². The molecule has 4 bridgehead atoms. The third-order valence-corrected chi connectivity index (χ3v) is 14.1. The molecule has 288 valence electrons. The fraction of sp³-hybridized carbons (Fsp3) is 0.450. The average Bonchev–Trinajstić information content (AvgIpc) is 3.82. The fourth-order valence-electron chi connectivity index (χ4n) is 10.3. The summed E-state index contributed by atoms with van der Waals surface area (Å²) in [5.74, 6) is 0.836. The number of aliphatic hydroxyl groups excluding tert-OH is 1. The predicted octanol–water partition coefficient (Wildman–Crippen LogP) is 3.73. The van der Waals surface area contributed by atoms with E-state index in [-0.39, 0.29) is 37.5 Å². The number of aliphatic hydroxyl groups is 1. The summed E-state index contributed by atoms with van der Waals surface area (Å²) in [7, 11) is 3.48. The van der Waals surface area contributed by atoms with Gasteiger partial charge in [0.25, 0.3) is 0 Å². The standard InChI is InChI=1S/C40H42N4O10S/c1-16-10-19-11-23-38(47)44-24-14-50-39(48)40(37-22(12-20(13-41)42-40)21-8-6-7-9-25(21)54-37)55-36(30(44)29(43(23)4)26(19)31(46)32(16)49-5)28-27(24)35-34(51-15-52-35)17(2)33(28)53-18(3)45/h6-10,20,23-24,29-30,36,38,42,46-47H,11-15,41H2,1-5H3/t20-,23+,24?,29?,30-,36-,38+,40+/m1/s1. The number of nitrogens with zero attached hydrogens (tertiary/aromatic N) is 2. The van der Waals surface area contributed by atoms with Crippen molar-refractivity contribution >= 4 is 34.7 Å². The zero-order chi connectivity index (χ0) is 38.2. The Labute approximate surface area is 320 Å². The zero-order valence-corrected chi connectivity index (χ0v) is 31.8. The molecule has 0 radical (unpaired) electrons. The number of nitrogens with two attached hydrogens (primary N) is 1. The van der Waals surface area contributed by atoms with E-state index in [1.165, 1.54) is 25.8 Å². The second-order valence-corrected chi connectivity index (χ2v) is 16.7. The smallest absolute Gasteiger partial charge is 0.345 e. The molecule has 14 nitrogen and oxygen atoms in total. The maximum atomic E-state index is 15.1. The van der Waals surface area contributed by atoms with Crippen LogP contribution in [0.25, 0.3) is 11.0 Å². The first-order valence-corrected chi connectivity index (χ1v) is 19.4. The monoisotopic (exact) mass is 770 g/mol. The van der Waals surface area contributed by atoms with Crippen LogP contribution in [0.5, 0.6) is 28.7 Å². The number of phenolic OH excluding ortho intramolecular Hbond substituents is 1. The molecule has 7 aliphatic heterocycles. The van der Waals surface area contributed by atoms with E-state index in [4.69, 9.17) is 33.8 Å². The number of hydrogen-bond acceptors (Lipinski definition) is 15. The van der Waals surface area contributed by atoms with E-state index in [9.17, 15) is 15.0 Å². The van der Waals surface area contributed by atoms with E-state index in [2.05, 4.69) is 10.2 Å². The lowest BCUT2D eigenvalue weighted by Gasteiger charge is -2.61. The Morgan fingerprint density at radius 2 is 1.89 bits per heavy atom. The molecule has 1 aromatic heterocycles. The minimum Gasteiger partial charge on any atom is -0.504 e. The highest BCUT2D eigenvalue weighted by atomic mass is 32.2. The van der Waals surface area contributed by atoms with Crippen LogP contribution in [0.1, 0.15) is 69.0 Å². The number of rotatable bonds is 3. The number of fused-ring (bicyclic) bond motifs is 10. The Bertz CT molecular complexity index is 2330. The van der Waals surface area contributed by atoms with Crippen molar-refractivity contribution in [2.45, 2.75) is 80.2 Å². The van der Waals surface area contributed by atoms with E-state index in [1.807, 2.05) is 56.1 Å². The number of carbonyl (C=O) groups is 2. The van der Waals surface area contributed by atoms with E-state index >= 15 is 4.79 Å². The number of para-hydroxylation sites is 1. The first-order chi connectivity index (χ1) is 26.5. The highest BCUT2D eigenvalue weighted by Crippen LogP contribution is 2.66. The summed E-state index contributed by atoms with van der Waals surface area (Å²) < 4.78 is 37.3. The summed E-state index contributed by atoms with van der Waals surface area (Å²) in [6, 6.07) is 6.95. The molecule has 5 N–H and O–H groups in total. The molecule has 2 saturated heterocycles. The van der Waals surface area contributed by atoms with Gasteiger partial charge in [0.15, 0.2) is 28.8 Å². The number of likely N-dealkylation sites (N-methyl/N-ethyl adjacent to an activating group) is 1. The van der Waals surface area contributed by atoms with Crippen molar-refractivity contribution in [3.8, 4) is 28.7 Å². The molecule has 0 saturated carbocycles. The highest BCUT2D eigenvalue weighted by molar-refractivity contribution is 8.01. The van der Waals surface area contributed by atoms with Gasteiger partial charge >= 0.3 is 11.9 Å². The van der Waals surface area contributed by atoms with Gasteiger partial charge in [-0.2, -0.15) is 0 Å². The number of nitrogens with one attached hydrogen (secondary N) is 1. The van der Waals surface area contributed by atoms with Crippen LogP contribution in [-0.4, -0.2) is 90.4 Å². The van der Waals surface area contributed by atoms with E-state index < -0.39 is 52.5 Å². The number of thioether (sulfide) groups is 1. The second-order valence-electron chi connectivity index (χ2n) is 15.3. The Morgan fingerprint density at radius 3 is 2.65 bits per heavy atom. The number of esters is 2. The summed E-state index contributed by atoms with van der Waals surface area (Å²) in [5.41, 5.74) is 12.0. The summed E-state index contributed by atoms with van der Waals surface area (Å²) >= 11 is 1.28. The highest BCUT2D eigenvalue weighted by Gasteiger charge is 2.64. The quantitative estimate of drug-likeness (QED) is 0.175. The molecule has 11 rings (SSSR count). The van der Waals surface area contributed by atoms with Crippen molar-refractivity contribution < 1.29 is 47.9 Å². The van der Waals surface area contributed by atoms with Crippen LogP contribution >= 0.6 is 11.8 Å². The molecule has 3 aromatic carbocycles. The molecule has 2 fully saturated rings. The maximum Gasteiger partial charge on any atom is 0.345 e. The number of phenols is 1. The van der Waals surface area contributed by atoms with Gasteiger partial charge < -0.3 is 44.0 Å². The number of piperazine rings is 1. The van der Waals surface area contributed by atoms with Crippen LogP contribution in [0.4, 0.5) is 0 Å². The van der Waals surface area contributed by atoms with Crippen molar-refractivity contribution in [1.29, 1.82) is 0 Å². The Kier molecular flexibility index (Phi) is 7.78. The molecule has 8 heterocycles. The van der Waals surface area contributed by atoms with Gasteiger partial charge in [-0.15, -0.1) is 11.8 Å². The topological polar surface area (TPSA) is 178 Å². The van der Waals surface area contributed by atoms with Crippen LogP contribution in [-0.2, 0) is 32.0 Å². The van der Waals surface area contributed by atoms with E-state index in [0.29, 0.717) is 63.7 Å². The first kappa shape index (κ1) is 34.9. The Balaban J connectivity index is 1.31. The molecule has 55 heavy (non-hydrogen) atoms. The molecule has 15 heteroatoms. The molecule has 0 aliphatic carbocycles. The third-order valence-electron chi connectivity index (χ3n) is 12.5. The van der Waals surface area contributed by atoms with Gasteiger partial charge in [0.2, 0.25) is 11.7 Å². The number of methoxy groups -OCH3 is 1. The lowest BCUT2D eigenvalue weighted by Crippen LogP contribution is -2.69. The number of aromatic hydroxyl groups is 1. The molecular weight excluding hydrogens is 729 g/mol. The van der Waals surface area contributed by atoms with Gasteiger partial charge in [-0.1, -0.05) is 24.3 Å². The zero-order valence-electron chi connectivity index (χ0n) is 31.0. The van der Waals surface area contributed by atoms with Gasteiger partial charge in [0, 0.05) is 58.8 Å². The molecule has 0 amide bonds. The van der Waals surface area contributed by atoms with Crippen molar-refractivity contribution in [2.75, 3.05) is 34.1 Å². The van der Waals surface area contributed by atoms with Gasteiger partial charge in [-0.25, -0.2) is 4.79 Å². The van der Waals surface area contributed by atoms with Gasteiger partial charge in [-0.05, 0) is 50.9 Å².